The van der Waals surface area contributed by atoms with Crippen molar-refractivity contribution >= 4 is 34.1 Å². The summed E-state index contributed by atoms with van der Waals surface area (Å²) >= 11 is 3.64. The fraction of sp³-hybridized carbons (Fsp3) is 0.714. The predicted molar refractivity (Wildman–Crippen MR) is 55.4 cm³/mol. The molecule has 0 spiro atoms. The molecule has 2 unspecified atom stereocenters. The third-order valence-electron chi connectivity index (χ3n) is 2.11. The molecule has 1 aliphatic rings. The lowest BCUT2D eigenvalue weighted by Gasteiger charge is -2.08. The minimum absolute atomic E-state index is 0.314. The molecule has 0 aliphatic carbocycles. The summed E-state index contributed by atoms with van der Waals surface area (Å²) in [5, 5.41) is 1.13. The van der Waals surface area contributed by atoms with Crippen molar-refractivity contribution in [2.45, 2.75) is 25.4 Å². The van der Waals surface area contributed by atoms with Gasteiger partial charge in [-0.1, -0.05) is 0 Å². The Balaban J connectivity index is 2.19. The molecule has 0 aromatic carbocycles. The lowest BCUT2D eigenvalue weighted by atomic mass is 10.0. The van der Waals surface area contributed by atoms with Gasteiger partial charge in [-0.3, -0.25) is 0 Å². The highest BCUT2D eigenvalue weighted by molar-refractivity contribution is 14.1. The van der Waals surface area contributed by atoms with Crippen LogP contribution in [0.15, 0.2) is 0 Å². The van der Waals surface area contributed by atoms with Crippen LogP contribution in [0.3, 0.4) is 0 Å². The lowest BCUT2D eigenvalue weighted by Crippen LogP contribution is -2.08. The molecular weight excluding hydrogens is 287 g/mol. The molecule has 0 bridgehead atoms. The van der Waals surface area contributed by atoms with Crippen molar-refractivity contribution in [2.75, 3.05) is 6.61 Å². The second-order valence-corrected chi connectivity index (χ2v) is 4.62. The molecule has 1 fully saturated rings. The third kappa shape index (κ3) is 1.62. The Hall–Kier alpha value is 0.250. The molecule has 1 saturated heterocycles. The van der Waals surface area contributed by atoms with Crippen molar-refractivity contribution in [1.82, 2.24) is 9.36 Å². The van der Waals surface area contributed by atoms with E-state index in [0.29, 0.717) is 12.0 Å². The van der Waals surface area contributed by atoms with Crippen molar-refractivity contribution in [3.8, 4) is 0 Å². The van der Waals surface area contributed by atoms with Gasteiger partial charge >= 0.3 is 0 Å². The number of ether oxygens (including phenoxy) is 1. The Morgan fingerprint density at radius 3 is 3.00 bits per heavy atom. The second kappa shape index (κ2) is 3.55. The van der Waals surface area contributed by atoms with E-state index in [1.54, 1.807) is 0 Å². The first kappa shape index (κ1) is 8.83. The highest BCUT2D eigenvalue weighted by Gasteiger charge is 2.28. The first-order valence-electron chi connectivity index (χ1n) is 3.88. The van der Waals surface area contributed by atoms with Crippen molar-refractivity contribution in [2.24, 2.45) is 0 Å². The summed E-state index contributed by atoms with van der Waals surface area (Å²) in [6, 6.07) is 0. The van der Waals surface area contributed by atoms with Crippen LogP contribution in [0.2, 0.25) is 0 Å². The minimum Gasteiger partial charge on any atom is -0.378 e. The molecule has 1 aliphatic heterocycles. The van der Waals surface area contributed by atoms with Gasteiger partial charge in [0.1, 0.15) is 5.01 Å². The zero-order valence-corrected chi connectivity index (χ0v) is 9.63. The minimum atomic E-state index is 0.314. The monoisotopic (exact) mass is 296 g/mol. The van der Waals surface area contributed by atoms with Crippen LogP contribution in [-0.4, -0.2) is 22.1 Å². The maximum atomic E-state index is 5.47. The van der Waals surface area contributed by atoms with Crippen LogP contribution in [0, 0.1) is 3.83 Å². The van der Waals surface area contributed by atoms with E-state index in [1.165, 1.54) is 11.5 Å². The quantitative estimate of drug-likeness (QED) is 0.744. The van der Waals surface area contributed by atoms with Crippen LogP contribution in [-0.2, 0) is 4.74 Å². The number of rotatable bonds is 1. The summed E-state index contributed by atoms with van der Waals surface area (Å²) in [5.41, 5.74) is 0. The Bertz CT molecular complexity index is 278. The normalized spacial score (nSPS) is 29.5. The maximum Gasteiger partial charge on any atom is 0.203 e. The molecule has 5 heteroatoms. The van der Waals surface area contributed by atoms with Crippen molar-refractivity contribution in [3.63, 3.8) is 0 Å². The number of nitrogens with zero attached hydrogens (tertiary/aromatic N) is 2. The van der Waals surface area contributed by atoms with Gasteiger partial charge in [0.15, 0.2) is 0 Å². The van der Waals surface area contributed by atoms with E-state index in [1.807, 2.05) is 0 Å². The Morgan fingerprint density at radius 2 is 2.50 bits per heavy atom. The van der Waals surface area contributed by atoms with Crippen LogP contribution < -0.4 is 0 Å². The summed E-state index contributed by atoms with van der Waals surface area (Å²) < 4.78 is 10.5. The molecule has 0 radical (unpaired) electrons. The first-order chi connectivity index (χ1) is 5.77. The molecule has 2 rings (SSSR count). The van der Waals surface area contributed by atoms with Crippen LogP contribution in [0.25, 0.3) is 0 Å². The standard InChI is InChI=1S/C7H9IN2OS/c1-4-5(2-3-11-4)6-9-7(8)10-12-6/h4-5H,2-3H2,1H3. The van der Waals surface area contributed by atoms with Gasteiger partial charge in [-0.05, 0) is 24.9 Å². The Morgan fingerprint density at radius 1 is 1.67 bits per heavy atom. The zero-order chi connectivity index (χ0) is 8.55. The van der Waals surface area contributed by atoms with E-state index in [4.69, 9.17) is 4.74 Å². The van der Waals surface area contributed by atoms with Crippen molar-refractivity contribution in [1.29, 1.82) is 0 Å². The molecule has 3 nitrogen and oxygen atoms in total. The average molecular weight is 296 g/mol. The molecular formula is C7H9IN2OS. The third-order valence-corrected chi connectivity index (χ3v) is 3.77. The lowest BCUT2D eigenvalue weighted by molar-refractivity contribution is 0.118. The molecule has 1 aromatic heterocycles. The van der Waals surface area contributed by atoms with E-state index in [-0.39, 0.29) is 0 Å². The van der Waals surface area contributed by atoms with Crippen LogP contribution in [0.5, 0.6) is 0 Å². The molecule has 2 heterocycles. The highest BCUT2D eigenvalue weighted by Crippen LogP contribution is 2.31. The van der Waals surface area contributed by atoms with Gasteiger partial charge in [0.2, 0.25) is 3.83 Å². The van der Waals surface area contributed by atoms with Crippen LogP contribution >= 0.6 is 34.1 Å². The van der Waals surface area contributed by atoms with E-state index >= 15 is 0 Å². The van der Waals surface area contributed by atoms with Crippen LogP contribution in [0.4, 0.5) is 0 Å². The largest absolute Gasteiger partial charge is 0.378 e. The molecule has 0 amide bonds. The molecule has 0 saturated carbocycles. The summed E-state index contributed by atoms with van der Waals surface area (Å²) in [5.74, 6) is 0.478. The van der Waals surface area contributed by atoms with E-state index < -0.39 is 0 Å². The average Bonchev–Trinajstić information content (AvgIpc) is 2.58. The fourth-order valence-electron chi connectivity index (χ4n) is 1.42. The maximum absolute atomic E-state index is 5.47. The number of hydrogen-bond acceptors (Lipinski definition) is 4. The number of hydrogen-bond donors (Lipinski definition) is 0. The first-order valence-corrected chi connectivity index (χ1v) is 5.73. The molecule has 1 aromatic rings. The SMILES string of the molecule is CC1OCCC1c1nc(I)ns1. The molecule has 12 heavy (non-hydrogen) atoms. The summed E-state index contributed by atoms with van der Waals surface area (Å²) in [4.78, 5) is 4.36. The topological polar surface area (TPSA) is 35.0 Å². The predicted octanol–water partition coefficient (Wildman–Crippen LogP) is 2.04. The second-order valence-electron chi connectivity index (χ2n) is 2.87. The summed E-state index contributed by atoms with van der Waals surface area (Å²) in [6.07, 6.45) is 1.40. The number of halogens is 1. The fourth-order valence-corrected chi connectivity index (χ4v) is 2.92. The summed E-state index contributed by atoms with van der Waals surface area (Å²) in [6.45, 7) is 2.97. The highest BCUT2D eigenvalue weighted by atomic mass is 127. The van der Waals surface area contributed by atoms with Crippen molar-refractivity contribution < 1.29 is 4.74 Å². The van der Waals surface area contributed by atoms with E-state index in [0.717, 1.165) is 21.9 Å². The zero-order valence-electron chi connectivity index (χ0n) is 6.66. The van der Waals surface area contributed by atoms with Gasteiger partial charge < -0.3 is 4.74 Å². The van der Waals surface area contributed by atoms with Gasteiger partial charge in [0.05, 0.1) is 6.10 Å². The smallest absolute Gasteiger partial charge is 0.203 e. The van der Waals surface area contributed by atoms with E-state index in [9.17, 15) is 0 Å². The summed E-state index contributed by atoms with van der Waals surface area (Å²) in [7, 11) is 0. The van der Waals surface area contributed by atoms with Gasteiger partial charge in [-0.25, -0.2) is 4.98 Å². The van der Waals surface area contributed by atoms with Gasteiger partial charge in [-0.2, -0.15) is 4.37 Å². The molecule has 66 valence electrons. The Kier molecular flexibility index (Phi) is 2.61. The van der Waals surface area contributed by atoms with Gasteiger partial charge in [0, 0.05) is 35.1 Å². The Labute approximate surface area is 88.8 Å². The van der Waals surface area contributed by atoms with Gasteiger partial charge in [0.25, 0.3) is 0 Å². The molecule has 0 N–H and O–H groups in total. The van der Waals surface area contributed by atoms with E-state index in [2.05, 4.69) is 38.9 Å². The van der Waals surface area contributed by atoms with Crippen LogP contribution in [0.1, 0.15) is 24.3 Å². The number of aromatic nitrogens is 2. The molecule has 2 atom stereocenters. The van der Waals surface area contributed by atoms with Crippen molar-refractivity contribution in [3.05, 3.63) is 8.84 Å². The van der Waals surface area contributed by atoms with Gasteiger partial charge in [-0.15, -0.1) is 0 Å².